The number of hydrogen-bond donors (Lipinski definition) is 0. The van der Waals surface area contributed by atoms with Crippen LogP contribution in [0, 0.1) is 11.8 Å². The van der Waals surface area contributed by atoms with E-state index in [1.54, 1.807) is 0 Å². The van der Waals surface area contributed by atoms with Crippen molar-refractivity contribution < 1.29 is 28.6 Å². The average molecular weight is 821 g/mol. The highest BCUT2D eigenvalue weighted by Gasteiger charge is 2.19. The molecule has 0 spiro atoms. The lowest BCUT2D eigenvalue weighted by molar-refractivity contribution is -0.167. The number of carbonyl (C=O) groups is 3. The molecule has 0 fully saturated rings. The number of unbranched alkanes of at least 4 members (excludes halogenated alkanes) is 30. The second kappa shape index (κ2) is 44.9. The molecule has 0 radical (unpaired) electrons. The third-order valence-electron chi connectivity index (χ3n) is 12.1. The lowest BCUT2D eigenvalue weighted by Crippen LogP contribution is -2.30. The standard InChI is InChI=1S/C52H100O6/c1-6-8-9-10-11-12-17-21-27-32-37-42-50(53)56-45-49(58-52(55)44-39-34-29-24-23-26-31-36-41-48(5)7-2)46-57-51(54)43-38-33-28-22-19-16-14-13-15-18-20-25-30-35-40-47(3)4/h47-49H,6-46H2,1-5H3/t48?,49-/m1/s1. The van der Waals surface area contributed by atoms with Crippen LogP contribution in [0.2, 0.25) is 0 Å². The van der Waals surface area contributed by atoms with Crippen LogP contribution in [0.25, 0.3) is 0 Å². The molecule has 0 amide bonds. The molecular weight excluding hydrogens is 721 g/mol. The van der Waals surface area contributed by atoms with Gasteiger partial charge in [-0.25, -0.2) is 0 Å². The van der Waals surface area contributed by atoms with Crippen LogP contribution in [0.15, 0.2) is 0 Å². The average Bonchev–Trinajstić information content (AvgIpc) is 3.21. The monoisotopic (exact) mass is 821 g/mol. The minimum Gasteiger partial charge on any atom is -0.462 e. The Hall–Kier alpha value is -1.59. The first-order valence-electron chi connectivity index (χ1n) is 25.8. The Morgan fingerprint density at radius 3 is 0.983 bits per heavy atom. The van der Waals surface area contributed by atoms with Gasteiger partial charge in [-0.2, -0.15) is 0 Å². The molecule has 6 nitrogen and oxygen atoms in total. The second-order valence-corrected chi connectivity index (χ2v) is 18.5. The van der Waals surface area contributed by atoms with Crippen LogP contribution in [0.5, 0.6) is 0 Å². The highest BCUT2D eigenvalue weighted by Crippen LogP contribution is 2.18. The predicted octanol–water partition coefficient (Wildman–Crippen LogP) is 16.5. The highest BCUT2D eigenvalue weighted by molar-refractivity contribution is 5.71. The van der Waals surface area contributed by atoms with Crippen LogP contribution in [-0.4, -0.2) is 37.2 Å². The van der Waals surface area contributed by atoms with E-state index in [1.165, 1.54) is 173 Å². The molecule has 6 heteroatoms. The third-order valence-corrected chi connectivity index (χ3v) is 12.1. The molecular formula is C52H100O6. The molecule has 0 rings (SSSR count). The molecule has 0 aromatic rings. The van der Waals surface area contributed by atoms with Gasteiger partial charge in [0, 0.05) is 19.3 Å². The zero-order chi connectivity index (χ0) is 42.6. The summed E-state index contributed by atoms with van der Waals surface area (Å²) in [5, 5.41) is 0. The number of carbonyl (C=O) groups excluding carboxylic acids is 3. The zero-order valence-corrected chi connectivity index (χ0v) is 39.7. The molecule has 0 N–H and O–H groups in total. The van der Waals surface area contributed by atoms with E-state index in [9.17, 15) is 14.4 Å². The van der Waals surface area contributed by atoms with Crippen molar-refractivity contribution >= 4 is 17.9 Å². The minimum absolute atomic E-state index is 0.0640. The highest BCUT2D eigenvalue weighted by atomic mass is 16.6. The van der Waals surface area contributed by atoms with E-state index in [1.807, 2.05) is 0 Å². The summed E-state index contributed by atoms with van der Waals surface area (Å²) in [6, 6.07) is 0. The SMILES string of the molecule is CCCCCCCCCCCCCC(=O)OC[C@H](COC(=O)CCCCCCCCCCCCCCCCC(C)C)OC(=O)CCCCCCCCCCC(C)CC. The molecule has 0 heterocycles. The first kappa shape index (κ1) is 56.4. The minimum atomic E-state index is -0.761. The lowest BCUT2D eigenvalue weighted by Gasteiger charge is -2.18. The van der Waals surface area contributed by atoms with E-state index in [4.69, 9.17) is 14.2 Å². The molecule has 0 bridgehead atoms. The van der Waals surface area contributed by atoms with Crippen molar-refractivity contribution in [1.82, 2.24) is 0 Å². The molecule has 0 saturated heterocycles. The Bertz CT molecular complexity index is 887. The summed E-state index contributed by atoms with van der Waals surface area (Å²) in [4.78, 5) is 37.9. The van der Waals surface area contributed by atoms with E-state index in [2.05, 4.69) is 34.6 Å². The van der Waals surface area contributed by atoms with Crippen LogP contribution in [0.4, 0.5) is 0 Å². The van der Waals surface area contributed by atoms with Gasteiger partial charge in [-0.3, -0.25) is 14.4 Å². The summed E-state index contributed by atoms with van der Waals surface area (Å²) in [5.41, 5.74) is 0. The van der Waals surface area contributed by atoms with Crippen molar-refractivity contribution in [2.24, 2.45) is 11.8 Å². The summed E-state index contributed by atoms with van der Waals surface area (Å²) in [6.45, 7) is 11.4. The van der Waals surface area contributed by atoms with Gasteiger partial charge in [-0.15, -0.1) is 0 Å². The summed E-state index contributed by atoms with van der Waals surface area (Å²) in [5.74, 6) is 0.839. The summed E-state index contributed by atoms with van der Waals surface area (Å²) >= 11 is 0. The normalized spacial score (nSPS) is 12.5. The molecule has 0 aliphatic rings. The number of esters is 3. The van der Waals surface area contributed by atoms with Crippen molar-refractivity contribution in [3.63, 3.8) is 0 Å². The first-order chi connectivity index (χ1) is 28.3. The fourth-order valence-electron chi connectivity index (χ4n) is 7.78. The molecule has 2 atom stereocenters. The maximum atomic E-state index is 12.8. The maximum Gasteiger partial charge on any atom is 0.306 e. The van der Waals surface area contributed by atoms with Crippen molar-refractivity contribution in [3.05, 3.63) is 0 Å². The molecule has 58 heavy (non-hydrogen) atoms. The molecule has 344 valence electrons. The van der Waals surface area contributed by atoms with E-state index in [-0.39, 0.29) is 31.1 Å². The molecule has 0 aliphatic carbocycles. The quantitative estimate of drug-likeness (QED) is 0.0346. The number of rotatable bonds is 46. The molecule has 0 saturated carbocycles. The Morgan fingerprint density at radius 2 is 0.655 bits per heavy atom. The number of ether oxygens (including phenoxy) is 3. The van der Waals surface area contributed by atoms with Gasteiger partial charge in [-0.1, -0.05) is 247 Å². The van der Waals surface area contributed by atoms with E-state index in [0.717, 1.165) is 69.6 Å². The summed E-state index contributed by atoms with van der Waals surface area (Å²) < 4.78 is 16.8. The van der Waals surface area contributed by atoms with Gasteiger partial charge in [0.25, 0.3) is 0 Å². The Labute approximate surface area is 361 Å². The zero-order valence-electron chi connectivity index (χ0n) is 39.7. The molecule has 0 aliphatic heterocycles. The van der Waals surface area contributed by atoms with Crippen LogP contribution >= 0.6 is 0 Å². The van der Waals surface area contributed by atoms with Gasteiger partial charge in [0.05, 0.1) is 0 Å². The van der Waals surface area contributed by atoms with Gasteiger partial charge in [0.2, 0.25) is 0 Å². The van der Waals surface area contributed by atoms with Gasteiger partial charge >= 0.3 is 17.9 Å². The van der Waals surface area contributed by atoms with Crippen LogP contribution in [0.1, 0.15) is 285 Å². The topological polar surface area (TPSA) is 78.9 Å². The number of hydrogen-bond acceptors (Lipinski definition) is 6. The van der Waals surface area contributed by atoms with Crippen molar-refractivity contribution in [2.45, 2.75) is 291 Å². The summed E-state index contributed by atoms with van der Waals surface area (Å²) in [7, 11) is 0. The second-order valence-electron chi connectivity index (χ2n) is 18.5. The largest absolute Gasteiger partial charge is 0.462 e. The van der Waals surface area contributed by atoms with Gasteiger partial charge in [0.1, 0.15) is 13.2 Å². The molecule has 0 aromatic heterocycles. The third kappa shape index (κ3) is 44.0. The lowest BCUT2D eigenvalue weighted by atomic mass is 9.99. The van der Waals surface area contributed by atoms with Gasteiger partial charge in [0.15, 0.2) is 6.10 Å². The van der Waals surface area contributed by atoms with E-state index < -0.39 is 6.10 Å². The molecule has 1 unspecified atom stereocenters. The summed E-state index contributed by atoms with van der Waals surface area (Å²) in [6.07, 6.45) is 45.1. The fourth-order valence-corrected chi connectivity index (χ4v) is 7.78. The van der Waals surface area contributed by atoms with Crippen molar-refractivity contribution in [2.75, 3.05) is 13.2 Å². The van der Waals surface area contributed by atoms with Crippen molar-refractivity contribution in [3.8, 4) is 0 Å². The predicted molar refractivity (Wildman–Crippen MR) is 247 cm³/mol. The Morgan fingerprint density at radius 1 is 0.362 bits per heavy atom. The van der Waals surface area contributed by atoms with E-state index in [0.29, 0.717) is 19.3 Å². The van der Waals surface area contributed by atoms with Crippen LogP contribution in [-0.2, 0) is 28.6 Å². The maximum absolute atomic E-state index is 12.8. The van der Waals surface area contributed by atoms with Crippen LogP contribution < -0.4 is 0 Å². The smallest absolute Gasteiger partial charge is 0.306 e. The Kier molecular flexibility index (Phi) is 43.7. The Balaban J connectivity index is 4.28. The van der Waals surface area contributed by atoms with Gasteiger partial charge < -0.3 is 14.2 Å². The molecule has 0 aromatic carbocycles. The van der Waals surface area contributed by atoms with E-state index >= 15 is 0 Å². The van der Waals surface area contributed by atoms with Gasteiger partial charge in [-0.05, 0) is 31.1 Å². The van der Waals surface area contributed by atoms with Crippen LogP contribution in [0.3, 0.4) is 0 Å². The first-order valence-corrected chi connectivity index (χ1v) is 25.8. The van der Waals surface area contributed by atoms with Crippen molar-refractivity contribution in [1.29, 1.82) is 0 Å². The fraction of sp³-hybridized carbons (Fsp3) is 0.942.